The van der Waals surface area contributed by atoms with Crippen molar-refractivity contribution in [3.8, 4) is 10.7 Å². The normalized spacial score (nSPS) is 10.9. The van der Waals surface area contributed by atoms with Crippen molar-refractivity contribution in [1.82, 2.24) is 14.8 Å². The van der Waals surface area contributed by atoms with Crippen molar-refractivity contribution in [2.24, 2.45) is 0 Å². The molecule has 0 radical (unpaired) electrons. The minimum Gasteiger partial charge on any atom is -0.467 e. The Morgan fingerprint density at radius 1 is 1.44 bits per heavy atom. The number of hydrogen-bond donors (Lipinski definition) is 1. The minimum absolute atomic E-state index is 0.549. The smallest absolute Gasteiger partial charge is 0.195 e. The van der Waals surface area contributed by atoms with E-state index in [0.717, 1.165) is 20.8 Å². The van der Waals surface area contributed by atoms with Crippen LogP contribution in [0.4, 0.5) is 0 Å². The summed E-state index contributed by atoms with van der Waals surface area (Å²) in [6, 6.07) is 7.52. The molecule has 0 aliphatic heterocycles. The average Bonchev–Trinajstić information content (AvgIpc) is 3.04. The van der Waals surface area contributed by atoms with Crippen molar-refractivity contribution in [2.75, 3.05) is 0 Å². The fraction of sp³-hybridized carbons (Fsp3) is 0.0909. The lowest BCUT2D eigenvalue weighted by atomic mass is 10.4. The van der Waals surface area contributed by atoms with Gasteiger partial charge in [-0.05, 0) is 36.5 Å². The maximum atomic E-state index is 5.94. The third kappa shape index (κ3) is 2.14. The summed E-state index contributed by atoms with van der Waals surface area (Å²) in [5.74, 6) is 1.60. The zero-order valence-corrected chi connectivity index (χ0v) is 11.5. The van der Waals surface area contributed by atoms with E-state index in [1.54, 1.807) is 6.26 Å². The van der Waals surface area contributed by atoms with E-state index < -0.39 is 0 Å². The summed E-state index contributed by atoms with van der Waals surface area (Å²) in [4.78, 5) is 0.971. The predicted octanol–water partition coefficient (Wildman–Crippen LogP) is 3.96. The highest BCUT2D eigenvalue weighted by Gasteiger charge is 2.12. The molecule has 0 aliphatic rings. The molecule has 0 fully saturated rings. The highest BCUT2D eigenvalue weighted by Crippen LogP contribution is 2.30. The standard InChI is InChI=1S/C11H8ClN3OS2/c12-9-4-3-8(18-9)10-13-14-11(17)15(10)6-7-2-1-5-16-7/h1-5H,6H2,(H,14,17). The molecule has 0 spiro atoms. The van der Waals surface area contributed by atoms with Crippen LogP contribution in [0.2, 0.25) is 4.34 Å². The van der Waals surface area contributed by atoms with Gasteiger partial charge in [0.05, 0.1) is 22.0 Å². The first-order chi connectivity index (χ1) is 8.74. The minimum atomic E-state index is 0.549. The van der Waals surface area contributed by atoms with Gasteiger partial charge in [-0.15, -0.1) is 11.3 Å². The first-order valence-electron chi connectivity index (χ1n) is 5.17. The van der Waals surface area contributed by atoms with Gasteiger partial charge in [-0.2, -0.15) is 5.10 Å². The number of H-pyrrole nitrogens is 1. The van der Waals surface area contributed by atoms with Crippen LogP contribution in [0, 0.1) is 4.77 Å². The van der Waals surface area contributed by atoms with Crippen molar-refractivity contribution in [2.45, 2.75) is 6.54 Å². The Morgan fingerprint density at radius 3 is 3.00 bits per heavy atom. The first-order valence-corrected chi connectivity index (χ1v) is 6.77. The van der Waals surface area contributed by atoms with Gasteiger partial charge in [0.15, 0.2) is 10.6 Å². The quantitative estimate of drug-likeness (QED) is 0.744. The topological polar surface area (TPSA) is 46.8 Å². The SMILES string of the molecule is S=c1[nH]nc(-c2ccc(Cl)s2)n1Cc1ccco1. The fourth-order valence-electron chi connectivity index (χ4n) is 1.65. The van der Waals surface area contributed by atoms with E-state index in [1.165, 1.54) is 11.3 Å². The van der Waals surface area contributed by atoms with Gasteiger partial charge in [-0.25, -0.2) is 0 Å². The second-order valence-corrected chi connectivity index (χ2v) is 5.72. The summed E-state index contributed by atoms with van der Waals surface area (Å²) in [6.07, 6.45) is 1.64. The maximum Gasteiger partial charge on any atom is 0.195 e. The van der Waals surface area contributed by atoms with E-state index in [4.69, 9.17) is 28.2 Å². The predicted molar refractivity (Wildman–Crippen MR) is 73.5 cm³/mol. The van der Waals surface area contributed by atoms with Crippen LogP contribution in [0.25, 0.3) is 10.7 Å². The summed E-state index contributed by atoms with van der Waals surface area (Å²) < 4.78 is 8.50. The van der Waals surface area contributed by atoms with Gasteiger partial charge in [0, 0.05) is 0 Å². The summed E-state index contributed by atoms with van der Waals surface area (Å²) >= 11 is 12.6. The number of furan rings is 1. The largest absolute Gasteiger partial charge is 0.467 e. The molecule has 3 aromatic heterocycles. The Hall–Kier alpha value is -1.37. The molecule has 0 unspecified atom stereocenters. The molecule has 3 rings (SSSR count). The van der Waals surface area contributed by atoms with Crippen molar-refractivity contribution >= 4 is 35.2 Å². The lowest BCUT2D eigenvalue weighted by Gasteiger charge is -2.02. The van der Waals surface area contributed by atoms with Crippen molar-refractivity contribution in [3.63, 3.8) is 0 Å². The van der Waals surface area contributed by atoms with Gasteiger partial charge in [0.1, 0.15) is 5.76 Å². The van der Waals surface area contributed by atoms with Gasteiger partial charge in [0.25, 0.3) is 0 Å². The van der Waals surface area contributed by atoms with E-state index in [9.17, 15) is 0 Å². The summed E-state index contributed by atoms with van der Waals surface area (Å²) in [6.45, 7) is 0.549. The van der Waals surface area contributed by atoms with Gasteiger partial charge < -0.3 is 4.42 Å². The number of aromatic amines is 1. The molecule has 0 saturated carbocycles. The Labute approximate surface area is 117 Å². The maximum absolute atomic E-state index is 5.94. The first kappa shape index (κ1) is 11.7. The van der Waals surface area contributed by atoms with Crippen molar-refractivity contribution < 1.29 is 4.42 Å². The molecule has 0 amide bonds. The molecular weight excluding hydrogens is 290 g/mol. The molecule has 0 bridgehead atoms. The number of aromatic nitrogens is 3. The summed E-state index contributed by atoms with van der Waals surface area (Å²) in [7, 11) is 0. The third-order valence-electron chi connectivity index (χ3n) is 2.45. The lowest BCUT2D eigenvalue weighted by molar-refractivity contribution is 0.493. The van der Waals surface area contributed by atoms with Crippen LogP contribution in [-0.2, 0) is 6.54 Å². The van der Waals surface area contributed by atoms with Crippen molar-refractivity contribution in [3.05, 3.63) is 45.4 Å². The molecule has 0 aliphatic carbocycles. The van der Waals surface area contributed by atoms with Gasteiger partial charge >= 0.3 is 0 Å². The van der Waals surface area contributed by atoms with Crippen LogP contribution < -0.4 is 0 Å². The molecule has 3 aromatic rings. The Kier molecular flexibility index (Phi) is 3.07. The van der Waals surface area contributed by atoms with Gasteiger partial charge in [0.2, 0.25) is 0 Å². The van der Waals surface area contributed by atoms with Crippen LogP contribution in [0.5, 0.6) is 0 Å². The zero-order chi connectivity index (χ0) is 12.5. The molecule has 92 valence electrons. The lowest BCUT2D eigenvalue weighted by Crippen LogP contribution is -2.00. The number of hydrogen-bond acceptors (Lipinski definition) is 4. The number of rotatable bonds is 3. The van der Waals surface area contributed by atoms with Gasteiger partial charge in [-0.1, -0.05) is 11.6 Å². The Bertz CT molecular complexity index is 711. The number of thiophene rings is 1. The second-order valence-electron chi connectivity index (χ2n) is 3.62. The van der Waals surface area contributed by atoms with Crippen LogP contribution >= 0.6 is 35.2 Å². The van der Waals surface area contributed by atoms with E-state index in [1.807, 2.05) is 28.8 Å². The molecule has 3 heterocycles. The molecule has 4 nitrogen and oxygen atoms in total. The van der Waals surface area contributed by atoms with E-state index in [-0.39, 0.29) is 0 Å². The van der Waals surface area contributed by atoms with Crippen LogP contribution in [0.3, 0.4) is 0 Å². The third-order valence-corrected chi connectivity index (χ3v) is 3.98. The summed E-state index contributed by atoms with van der Waals surface area (Å²) in [5, 5.41) is 7.03. The average molecular weight is 298 g/mol. The Balaban J connectivity index is 2.04. The van der Waals surface area contributed by atoms with Crippen LogP contribution in [0.1, 0.15) is 5.76 Å². The van der Waals surface area contributed by atoms with Crippen molar-refractivity contribution in [1.29, 1.82) is 0 Å². The van der Waals surface area contributed by atoms with Crippen LogP contribution in [-0.4, -0.2) is 14.8 Å². The molecule has 0 aromatic carbocycles. The monoisotopic (exact) mass is 297 g/mol. The Morgan fingerprint density at radius 2 is 2.33 bits per heavy atom. The van der Waals surface area contributed by atoms with Gasteiger partial charge in [-0.3, -0.25) is 9.67 Å². The van der Waals surface area contributed by atoms with E-state index in [2.05, 4.69) is 10.2 Å². The summed E-state index contributed by atoms with van der Waals surface area (Å²) in [5.41, 5.74) is 0. The number of halogens is 1. The highest BCUT2D eigenvalue weighted by atomic mass is 35.5. The van der Waals surface area contributed by atoms with Crippen LogP contribution in [0.15, 0.2) is 34.9 Å². The zero-order valence-electron chi connectivity index (χ0n) is 9.09. The number of nitrogens with zero attached hydrogens (tertiary/aromatic N) is 2. The van der Waals surface area contributed by atoms with E-state index in [0.29, 0.717) is 11.3 Å². The molecule has 0 atom stereocenters. The molecule has 7 heteroatoms. The highest BCUT2D eigenvalue weighted by molar-refractivity contribution is 7.71. The molecule has 18 heavy (non-hydrogen) atoms. The number of nitrogens with one attached hydrogen (secondary N) is 1. The molecule has 1 N–H and O–H groups in total. The second kappa shape index (κ2) is 4.72. The molecular formula is C11H8ClN3OS2. The molecule has 0 saturated heterocycles. The fourth-order valence-corrected chi connectivity index (χ4v) is 2.88. The van der Waals surface area contributed by atoms with E-state index >= 15 is 0 Å².